The Bertz CT molecular complexity index is 510. The molecule has 0 spiro atoms. The molecule has 1 amide bonds. The van der Waals surface area contributed by atoms with Crippen LogP contribution in [0.5, 0.6) is 0 Å². The minimum Gasteiger partial charge on any atom is -0.316 e. The molecule has 6 nitrogen and oxygen atoms in total. The summed E-state index contributed by atoms with van der Waals surface area (Å²) in [6, 6.07) is 2.46. The number of aromatic nitrogens is 2. The maximum atomic E-state index is 12.8. The third kappa shape index (κ3) is 4.38. The summed E-state index contributed by atoms with van der Waals surface area (Å²) in [6.45, 7) is 2.79. The van der Waals surface area contributed by atoms with Crippen LogP contribution >= 0.6 is 24.8 Å². The van der Waals surface area contributed by atoms with E-state index in [0.29, 0.717) is 6.04 Å². The Morgan fingerprint density at radius 3 is 2.61 bits per heavy atom. The lowest BCUT2D eigenvalue weighted by Gasteiger charge is -2.41. The first-order valence-electron chi connectivity index (χ1n) is 7.91. The van der Waals surface area contributed by atoms with Gasteiger partial charge in [-0.15, -0.1) is 24.8 Å². The standard InChI is InChI=1S/C15H25N5O.2ClH/c1-16-12-5-3-8-19(11-12)13-6-4-9-20(15(13)21)14-7-10-18(2)17-14;;/h7,10,12-13,16H,3-6,8-9,11H2,1-2H3;2*1H. The highest BCUT2D eigenvalue weighted by Crippen LogP contribution is 2.24. The number of carbonyl (C=O) groups is 1. The fraction of sp³-hybridized carbons (Fsp3) is 0.733. The molecular formula is C15H27Cl2N5O. The number of aryl methyl sites for hydroxylation is 1. The summed E-state index contributed by atoms with van der Waals surface area (Å²) in [5.74, 6) is 1.01. The van der Waals surface area contributed by atoms with Gasteiger partial charge in [-0.3, -0.25) is 19.3 Å². The minimum atomic E-state index is 0. The van der Waals surface area contributed by atoms with Gasteiger partial charge in [0, 0.05) is 38.4 Å². The third-order valence-corrected chi connectivity index (χ3v) is 4.69. The first kappa shape index (κ1) is 20.2. The molecule has 1 aromatic heterocycles. The van der Waals surface area contributed by atoms with E-state index in [4.69, 9.17) is 0 Å². The fourth-order valence-corrected chi connectivity index (χ4v) is 3.49. The number of anilines is 1. The number of rotatable bonds is 3. The van der Waals surface area contributed by atoms with Crippen molar-refractivity contribution in [2.75, 3.05) is 31.6 Å². The highest BCUT2D eigenvalue weighted by Gasteiger charge is 2.36. The lowest BCUT2D eigenvalue weighted by molar-refractivity contribution is -0.126. The van der Waals surface area contributed by atoms with Crippen LogP contribution in [0.15, 0.2) is 12.3 Å². The van der Waals surface area contributed by atoms with Gasteiger partial charge in [0.2, 0.25) is 5.91 Å². The van der Waals surface area contributed by atoms with Crippen LogP contribution in [0.2, 0.25) is 0 Å². The van der Waals surface area contributed by atoms with Crippen molar-refractivity contribution in [2.45, 2.75) is 37.8 Å². The maximum absolute atomic E-state index is 12.8. The molecule has 2 saturated heterocycles. The predicted octanol–water partition coefficient (Wildman–Crippen LogP) is 1.44. The number of halogens is 2. The number of amides is 1. The molecular weight excluding hydrogens is 337 g/mol. The highest BCUT2D eigenvalue weighted by molar-refractivity contribution is 5.97. The van der Waals surface area contributed by atoms with E-state index in [0.717, 1.165) is 38.3 Å². The third-order valence-electron chi connectivity index (χ3n) is 4.69. The average Bonchev–Trinajstić information content (AvgIpc) is 2.94. The molecule has 0 bridgehead atoms. The molecule has 3 rings (SSSR count). The topological polar surface area (TPSA) is 53.4 Å². The lowest BCUT2D eigenvalue weighted by atomic mass is 9.98. The summed E-state index contributed by atoms with van der Waals surface area (Å²) in [4.78, 5) is 17.1. The number of nitrogens with zero attached hydrogens (tertiary/aromatic N) is 4. The number of hydrogen-bond donors (Lipinski definition) is 1. The number of carbonyl (C=O) groups excluding carboxylic acids is 1. The number of likely N-dealkylation sites (tertiary alicyclic amines) is 1. The normalized spacial score (nSPS) is 25.7. The Labute approximate surface area is 150 Å². The van der Waals surface area contributed by atoms with Gasteiger partial charge in [-0.25, -0.2) is 0 Å². The lowest BCUT2D eigenvalue weighted by Crippen LogP contribution is -2.57. The summed E-state index contributed by atoms with van der Waals surface area (Å²) >= 11 is 0. The molecule has 2 fully saturated rings. The van der Waals surface area contributed by atoms with Gasteiger partial charge >= 0.3 is 0 Å². The average molecular weight is 364 g/mol. The number of hydrogen-bond acceptors (Lipinski definition) is 4. The van der Waals surface area contributed by atoms with E-state index in [-0.39, 0.29) is 36.8 Å². The van der Waals surface area contributed by atoms with Gasteiger partial charge in [-0.1, -0.05) is 0 Å². The fourth-order valence-electron chi connectivity index (χ4n) is 3.49. The highest BCUT2D eigenvalue weighted by atomic mass is 35.5. The van der Waals surface area contributed by atoms with Crippen LogP contribution in [0.3, 0.4) is 0 Å². The summed E-state index contributed by atoms with van der Waals surface area (Å²) in [6.07, 6.45) is 6.28. The van der Waals surface area contributed by atoms with Gasteiger partial charge in [0.15, 0.2) is 5.82 Å². The molecule has 2 aliphatic rings. The zero-order chi connectivity index (χ0) is 14.8. The van der Waals surface area contributed by atoms with E-state index in [2.05, 4.69) is 15.3 Å². The number of piperidine rings is 2. The molecule has 0 radical (unpaired) electrons. The molecule has 1 aromatic rings. The van der Waals surface area contributed by atoms with Gasteiger partial charge in [0.05, 0.1) is 6.04 Å². The Balaban J connectivity index is 0.00000132. The van der Waals surface area contributed by atoms with Crippen molar-refractivity contribution < 1.29 is 4.79 Å². The van der Waals surface area contributed by atoms with Crippen molar-refractivity contribution in [1.82, 2.24) is 20.0 Å². The van der Waals surface area contributed by atoms with Crippen LogP contribution in [-0.2, 0) is 11.8 Å². The van der Waals surface area contributed by atoms with E-state index in [1.165, 1.54) is 12.8 Å². The zero-order valence-corrected chi connectivity index (χ0v) is 15.4. The molecule has 3 heterocycles. The molecule has 8 heteroatoms. The molecule has 23 heavy (non-hydrogen) atoms. The van der Waals surface area contributed by atoms with Crippen molar-refractivity contribution in [2.24, 2.45) is 7.05 Å². The van der Waals surface area contributed by atoms with Crippen LogP contribution < -0.4 is 10.2 Å². The van der Waals surface area contributed by atoms with Gasteiger partial charge in [0.1, 0.15) is 0 Å². The molecule has 2 aliphatic heterocycles. The zero-order valence-electron chi connectivity index (χ0n) is 13.8. The minimum absolute atomic E-state index is 0. The second kappa shape index (κ2) is 8.87. The summed E-state index contributed by atoms with van der Waals surface area (Å²) in [7, 11) is 3.90. The molecule has 0 aromatic carbocycles. The second-order valence-electron chi connectivity index (χ2n) is 6.12. The Hall–Kier alpha value is -0.820. The molecule has 2 unspecified atom stereocenters. The first-order chi connectivity index (χ1) is 10.2. The van der Waals surface area contributed by atoms with Gasteiger partial charge in [-0.05, 0) is 39.3 Å². The number of nitrogens with one attached hydrogen (secondary N) is 1. The van der Waals surface area contributed by atoms with Crippen LogP contribution in [0.1, 0.15) is 25.7 Å². The largest absolute Gasteiger partial charge is 0.316 e. The Morgan fingerprint density at radius 2 is 1.96 bits per heavy atom. The molecule has 1 N–H and O–H groups in total. The van der Waals surface area contributed by atoms with Crippen molar-refractivity contribution >= 4 is 36.5 Å². The van der Waals surface area contributed by atoms with Crippen molar-refractivity contribution in [3.63, 3.8) is 0 Å². The van der Waals surface area contributed by atoms with E-state index in [1.807, 2.05) is 31.3 Å². The predicted molar refractivity (Wildman–Crippen MR) is 96.7 cm³/mol. The van der Waals surface area contributed by atoms with E-state index < -0.39 is 0 Å². The monoisotopic (exact) mass is 363 g/mol. The van der Waals surface area contributed by atoms with E-state index in [9.17, 15) is 4.79 Å². The smallest absolute Gasteiger partial charge is 0.245 e. The van der Waals surface area contributed by atoms with Crippen LogP contribution in [0.25, 0.3) is 0 Å². The van der Waals surface area contributed by atoms with Crippen LogP contribution in [-0.4, -0.2) is 59.4 Å². The SMILES string of the molecule is CNC1CCCN(C2CCCN(c3ccn(C)n3)C2=O)C1.Cl.Cl. The van der Waals surface area contributed by atoms with Crippen LogP contribution in [0, 0.1) is 0 Å². The molecule has 2 atom stereocenters. The molecule has 0 aliphatic carbocycles. The van der Waals surface area contributed by atoms with Gasteiger partial charge in [0.25, 0.3) is 0 Å². The van der Waals surface area contributed by atoms with Gasteiger partial charge in [-0.2, -0.15) is 5.10 Å². The maximum Gasteiger partial charge on any atom is 0.245 e. The van der Waals surface area contributed by atoms with E-state index >= 15 is 0 Å². The van der Waals surface area contributed by atoms with E-state index in [1.54, 1.807) is 4.68 Å². The summed E-state index contributed by atoms with van der Waals surface area (Å²) in [5.41, 5.74) is 0. The Morgan fingerprint density at radius 1 is 1.22 bits per heavy atom. The second-order valence-corrected chi connectivity index (χ2v) is 6.12. The van der Waals surface area contributed by atoms with Crippen molar-refractivity contribution in [1.29, 1.82) is 0 Å². The first-order valence-corrected chi connectivity index (χ1v) is 7.91. The van der Waals surface area contributed by atoms with Crippen molar-refractivity contribution in [3.05, 3.63) is 12.3 Å². The Kier molecular flexibility index (Phi) is 7.80. The van der Waals surface area contributed by atoms with Gasteiger partial charge < -0.3 is 5.32 Å². The molecule has 0 saturated carbocycles. The number of likely N-dealkylation sites (N-methyl/N-ethyl adjacent to an activating group) is 1. The summed E-state index contributed by atoms with van der Waals surface area (Å²) < 4.78 is 1.75. The summed E-state index contributed by atoms with van der Waals surface area (Å²) in [5, 5.41) is 7.74. The van der Waals surface area contributed by atoms with Crippen LogP contribution in [0.4, 0.5) is 5.82 Å². The van der Waals surface area contributed by atoms with Crippen molar-refractivity contribution in [3.8, 4) is 0 Å². The molecule has 132 valence electrons. The quantitative estimate of drug-likeness (QED) is 0.882.